The van der Waals surface area contributed by atoms with Crippen LogP contribution in [-0.4, -0.2) is 36.0 Å². The maximum Gasteiger partial charge on any atom is 0.374 e. The molecule has 88 valence electrons. The SMILES string of the molecule is CCCC(N)C(=O)O.COC(=O)C(C)=O. The molecule has 0 aromatic carbocycles. The van der Waals surface area contributed by atoms with E-state index in [9.17, 15) is 14.4 Å². The number of hydrogen-bond donors (Lipinski definition) is 2. The molecule has 0 aliphatic carbocycles. The summed E-state index contributed by atoms with van der Waals surface area (Å²) in [5.74, 6) is -2.27. The van der Waals surface area contributed by atoms with E-state index in [1.807, 2.05) is 6.92 Å². The maximum absolute atomic E-state index is 9.96. The molecular formula is C9H17NO5. The predicted octanol–water partition coefficient (Wildman–Crippen LogP) is -0.0532. The van der Waals surface area contributed by atoms with Gasteiger partial charge in [0, 0.05) is 6.92 Å². The Morgan fingerprint density at radius 3 is 1.93 bits per heavy atom. The summed E-state index contributed by atoms with van der Waals surface area (Å²) in [7, 11) is 1.17. The normalized spacial score (nSPS) is 10.7. The Kier molecular flexibility index (Phi) is 9.76. The van der Waals surface area contributed by atoms with Gasteiger partial charge in [0.2, 0.25) is 5.78 Å². The third-order valence-electron chi connectivity index (χ3n) is 1.39. The first-order chi connectivity index (χ1) is 6.86. The molecule has 0 saturated heterocycles. The van der Waals surface area contributed by atoms with Crippen molar-refractivity contribution in [3.05, 3.63) is 0 Å². The summed E-state index contributed by atoms with van der Waals surface area (Å²) in [6.07, 6.45) is 1.39. The highest BCUT2D eigenvalue weighted by Crippen LogP contribution is 1.91. The van der Waals surface area contributed by atoms with Crippen molar-refractivity contribution in [2.75, 3.05) is 7.11 Å². The molecule has 0 radical (unpaired) electrons. The number of methoxy groups -OCH3 is 1. The lowest BCUT2D eigenvalue weighted by atomic mass is 10.2. The molecule has 0 saturated carbocycles. The molecule has 6 nitrogen and oxygen atoms in total. The fraction of sp³-hybridized carbons (Fsp3) is 0.667. The number of aliphatic carboxylic acids is 1. The second-order valence-corrected chi connectivity index (χ2v) is 2.78. The van der Waals surface area contributed by atoms with Crippen LogP contribution in [0.15, 0.2) is 0 Å². The second kappa shape index (κ2) is 9.14. The summed E-state index contributed by atoms with van der Waals surface area (Å²) < 4.78 is 4.02. The van der Waals surface area contributed by atoms with E-state index in [1.54, 1.807) is 0 Å². The number of carboxylic acid groups (broad SMARTS) is 1. The van der Waals surface area contributed by atoms with E-state index in [0.29, 0.717) is 6.42 Å². The summed E-state index contributed by atoms with van der Waals surface area (Å²) in [5, 5.41) is 8.19. The number of carbonyl (C=O) groups excluding carboxylic acids is 2. The van der Waals surface area contributed by atoms with Gasteiger partial charge in [0.25, 0.3) is 0 Å². The minimum absolute atomic E-state index is 0.565. The van der Waals surface area contributed by atoms with E-state index in [-0.39, 0.29) is 0 Å². The van der Waals surface area contributed by atoms with Gasteiger partial charge in [-0.05, 0) is 6.42 Å². The fourth-order valence-corrected chi connectivity index (χ4v) is 0.578. The van der Waals surface area contributed by atoms with Gasteiger partial charge in [-0.3, -0.25) is 9.59 Å². The third kappa shape index (κ3) is 10.5. The van der Waals surface area contributed by atoms with Gasteiger partial charge in [-0.2, -0.15) is 0 Å². The highest BCUT2D eigenvalue weighted by Gasteiger charge is 2.07. The number of Topliss-reactive ketones (excluding diaryl/α,β-unsaturated/α-hetero) is 1. The van der Waals surface area contributed by atoms with Gasteiger partial charge >= 0.3 is 11.9 Å². The van der Waals surface area contributed by atoms with Crippen molar-refractivity contribution >= 4 is 17.7 Å². The number of ketones is 1. The zero-order valence-corrected chi connectivity index (χ0v) is 9.15. The molecule has 0 amide bonds. The number of rotatable bonds is 4. The minimum Gasteiger partial charge on any atom is -0.480 e. The molecular weight excluding hydrogens is 202 g/mol. The molecule has 0 aromatic rings. The summed E-state index contributed by atoms with van der Waals surface area (Å²) in [6.45, 7) is 3.06. The van der Waals surface area contributed by atoms with Crippen LogP contribution in [0.2, 0.25) is 0 Å². The van der Waals surface area contributed by atoms with Crippen LogP contribution in [0.4, 0.5) is 0 Å². The summed E-state index contributed by atoms with van der Waals surface area (Å²) in [5.41, 5.74) is 5.13. The molecule has 0 spiro atoms. The Morgan fingerprint density at radius 2 is 1.87 bits per heavy atom. The maximum atomic E-state index is 9.96. The largest absolute Gasteiger partial charge is 0.480 e. The van der Waals surface area contributed by atoms with Crippen molar-refractivity contribution in [1.82, 2.24) is 0 Å². The van der Waals surface area contributed by atoms with Crippen LogP contribution in [0.1, 0.15) is 26.7 Å². The first-order valence-corrected chi connectivity index (χ1v) is 4.44. The van der Waals surface area contributed by atoms with Gasteiger partial charge in [-0.25, -0.2) is 4.79 Å². The van der Waals surface area contributed by atoms with Crippen LogP contribution in [0.5, 0.6) is 0 Å². The van der Waals surface area contributed by atoms with E-state index < -0.39 is 23.8 Å². The molecule has 15 heavy (non-hydrogen) atoms. The van der Waals surface area contributed by atoms with Gasteiger partial charge in [0.05, 0.1) is 7.11 Å². The molecule has 1 atom stereocenters. The Hall–Kier alpha value is -1.43. The fourth-order valence-electron chi connectivity index (χ4n) is 0.578. The third-order valence-corrected chi connectivity index (χ3v) is 1.39. The van der Waals surface area contributed by atoms with Gasteiger partial charge in [-0.1, -0.05) is 13.3 Å². The number of nitrogens with two attached hydrogens (primary N) is 1. The lowest BCUT2D eigenvalue weighted by Gasteiger charge is -2.00. The van der Waals surface area contributed by atoms with E-state index in [1.165, 1.54) is 7.11 Å². The molecule has 0 aliphatic heterocycles. The van der Waals surface area contributed by atoms with E-state index in [0.717, 1.165) is 13.3 Å². The van der Waals surface area contributed by atoms with Gasteiger partial charge in [-0.15, -0.1) is 0 Å². The average Bonchev–Trinajstić information content (AvgIpc) is 2.17. The minimum atomic E-state index is -0.910. The van der Waals surface area contributed by atoms with E-state index in [2.05, 4.69) is 4.74 Å². The van der Waals surface area contributed by atoms with Crippen LogP contribution in [-0.2, 0) is 19.1 Å². The van der Waals surface area contributed by atoms with Gasteiger partial charge in [0.15, 0.2) is 0 Å². The molecule has 1 unspecified atom stereocenters. The monoisotopic (exact) mass is 219 g/mol. The molecule has 0 aromatic heterocycles. The second-order valence-electron chi connectivity index (χ2n) is 2.78. The molecule has 0 fully saturated rings. The average molecular weight is 219 g/mol. The number of carboxylic acids is 1. The predicted molar refractivity (Wildman–Crippen MR) is 53.2 cm³/mol. The van der Waals surface area contributed by atoms with Crippen molar-refractivity contribution in [2.45, 2.75) is 32.7 Å². The number of carbonyl (C=O) groups is 3. The molecule has 3 N–H and O–H groups in total. The van der Waals surface area contributed by atoms with Crippen LogP contribution < -0.4 is 5.73 Å². The standard InChI is InChI=1S/C5H11NO2.C4H6O3/c1-2-3-4(6)5(7)8;1-3(5)4(6)7-2/h4H,2-3,6H2,1H3,(H,7,8);1-2H3. The summed E-state index contributed by atoms with van der Waals surface area (Å²) in [6, 6.07) is -0.667. The van der Waals surface area contributed by atoms with E-state index >= 15 is 0 Å². The lowest BCUT2D eigenvalue weighted by Crippen LogP contribution is -2.29. The Labute approximate surface area is 88.4 Å². The summed E-state index contributed by atoms with van der Waals surface area (Å²) in [4.78, 5) is 29.8. The Balaban J connectivity index is 0. The highest BCUT2D eigenvalue weighted by molar-refractivity contribution is 6.32. The van der Waals surface area contributed by atoms with Crippen molar-refractivity contribution in [3.63, 3.8) is 0 Å². The Bertz CT molecular complexity index is 227. The topological polar surface area (TPSA) is 107 Å². The molecule has 6 heteroatoms. The van der Waals surface area contributed by atoms with Crippen LogP contribution in [0, 0.1) is 0 Å². The van der Waals surface area contributed by atoms with Crippen molar-refractivity contribution in [2.24, 2.45) is 5.73 Å². The van der Waals surface area contributed by atoms with E-state index in [4.69, 9.17) is 10.8 Å². The van der Waals surface area contributed by atoms with Crippen molar-refractivity contribution < 1.29 is 24.2 Å². The number of ether oxygens (including phenoxy) is 1. The summed E-state index contributed by atoms with van der Waals surface area (Å²) >= 11 is 0. The molecule has 0 heterocycles. The number of hydrogen-bond acceptors (Lipinski definition) is 5. The van der Waals surface area contributed by atoms with Crippen LogP contribution in [0.3, 0.4) is 0 Å². The van der Waals surface area contributed by atoms with Gasteiger partial charge < -0.3 is 15.6 Å². The van der Waals surface area contributed by atoms with Crippen molar-refractivity contribution in [1.29, 1.82) is 0 Å². The lowest BCUT2D eigenvalue weighted by molar-refractivity contribution is -0.150. The van der Waals surface area contributed by atoms with Gasteiger partial charge in [0.1, 0.15) is 6.04 Å². The molecule has 0 bridgehead atoms. The quantitative estimate of drug-likeness (QED) is 0.507. The first kappa shape index (κ1) is 16.0. The molecule has 0 rings (SSSR count). The number of esters is 1. The molecule has 0 aliphatic rings. The zero-order valence-electron chi connectivity index (χ0n) is 9.15. The zero-order chi connectivity index (χ0) is 12.4. The highest BCUT2D eigenvalue weighted by atomic mass is 16.5. The smallest absolute Gasteiger partial charge is 0.374 e. The van der Waals surface area contributed by atoms with Crippen LogP contribution in [0.25, 0.3) is 0 Å². The van der Waals surface area contributed by atoms with Crippen LogP contribution >= 0.6 is 0 Å². The Morgan fingerprint density at radius 1 is 1.40 bits per heavy atom. The van der Waals surface area contributed by atoms with Crippen molar-refractivity contribution in [3.8, 4) is 0 Å². The first-order valence-electron chi connectivity index (χ1n) is 4.44.